The van der Waals surface area contributed by atoms with Crippen LogP contribution in [0.2, 0.25) is 0 Å². The molecular formula is C30H20N2O3. The van der Waals surface area contributed by atoms with E-state index in [-0.39, 0.29) is 23.5 Å². The second-order valence-electron chi connectivity index (χ2n) is 8.56. The SMILES string of the molecule is C=CC1=CC2Nc3c(ccc4c3C(=O)c3ccccc3C4=O)/C(=C/C(=O)c3ccccc3)N2C=C1. The fraction of sp³-hybridized carbons (Fsp3) is 0.0333. The maximum absolute atomic E-state index is 13.6. The smallest absolute Gasteiger partial charge is 0.196 e. The third-order valence-electron chi connectivity index (χ3n) is 6.58. The largest absolute Gasteiger partial charge is 0.360 e. The Kier molecular flexibility index (Phi) is 4.71. The molecule has 0 saturated carbocycles. The summed E-state index contributed by atoms with van der Waals surface area (Å²) >= 11 is 0. The summed E-state index contributed by atoms with van der Waals surface area (Å²) in [6.07, 6.45) is 8.76. The Bertz CT molecular complexity index is 1540. The van der Waals surface area contributed by atoms with Gasteiger partial charge >= 0.3 is 0 Å². The third kappa shape index (κ3) is 3.21. The quantitative estimate of drug-likeness (QED) is 0.331. The number of ketones is 3. The molecule has 2 heterocycles. The van der Waals surface area contributed by atoms with Crippen LogP contribution >= 0.6 is 0 Å². The molecule has 1 aliphatic carbocycles. The molecule has 0 radical (unpaired) electrons. The lowest BCUT2D eigenvalue weighted by molar-refractivity contribution is 0.0979. The highest BCUT2D eigenvalue weighted by Gasteiger charge is 2.37. The van der Waals surface area contributed by atoms with Crippen molar-refractivity contribution < 1.29 is 14.4 Å². The first-order valence-electron chi connectivity index (χ1n) is 11.3. The van der Waals surface area contributed by atoms with Crippen LogP contribution in [0.25, 0.3) is 5.70 Å². The van der Waals surface area contributed by atoms with Crippen LogP contribution in [0.4, 0.5) is 5.69 Å². The van der Waals surface area contributed by atoms with E-state index in [2.05, 4.69) is 11.9 Å². The second kappa shape index (κ2) is 7.92. The molecule has 35 heavy (non-hydrogen) atoms. The Morgan fingerprint density at radius 3 is 2.29 bits per heavy atom. The molecule has 3 aliphatic rings. The normalized spacial score (nSPS) is 18.6. The number of carbonyl (C=O) groups excluding carboxylic acids is 3. The average molecular weight is 457 g/mol. The van der Waals surface area contributed by atoms with Crippen molar-refractivity contribution in [2.45, 2.75) is 6.17 Å². The van der Waals surface area contributed by atoms with Gasteiger partial charge in [-0.25, -0.2) is 0 Å². The van der Waals surface area contributed by atoms with Crippen molar-refractivity contribution in [2.24, 2.45) is 0 Å². The van der Waals surface area contributed by atoms with Gasteiger partial charge in [-0.15, -0.1) is 0 Å². The fourth-order valence-electron chi connectivity index (χ4n) is 4.85. The molecule has 0 saturated heterocycles. The van der Waals surface area contributed by atoms with Crippen LogP contribution in [0.3, 0.4) is 0 Å². The van der Waals surface area contributed by atoms with E-state index in [1.807, 2.05) is 41.5 Å². The number of rotatable bonds is 3. The van der Waals surface area contributed by atoms with Gasteiger partial charge in [0.05, 0.1) is 16.9 Å². The van der Waals surface area contributed by atoms with Crippen molar-refractivity contribution in [3.8, 4) is 0 Å². The van der Waals surface area contributed by atoms with Crippen molar-refractivity contribution in [2.75, 3.05) is 5.32 Å². The van der Waals surface area contributed by atoms with E-state index in [1.165, 1.54) is 0 Å². The van der Waals surface area contributed by atoms with Crippen LogP contribution in [0, 0.1) is 0 Å². The molecule has 5 nitrogen and oxygen atoms in total. The van der Waals surface area contributed by atoms with Crippen LogP contribution in [-0.4, -0.2) is 28.4 Å². The van der Waals surface area contributed by atoms with Crippen LogP contribution in [0.1, 0.15) is 47.8 Å². The number of nitrogens with zero attached hydrogens (tertiary/aromatic N) is 1. The van der Waals surface area contributed by atoms with E-state index in [9.17, 15) is 14.4 Å². The average Bonchev–Trinajstić information content (AvgIpc) is 2.91. The summed E-state index contributed by atoms with van der Waals surface area (Å²) in [4.78, 5) is 42.0. The fourth-order valence-corrected chi connectivity index (χ4v) is 4.85. The molecular weight excluding hydrogens is 436 g/mol. The van der Waals surface area contributed by atoms with Gasteiger partial charge in [0.25, 0.3) is 0 Å². The highest BCUT2D eigenvalue weighted by atomic mass is 16.1. The monoisotopic (exact) mass is 456 g/mol. The highest BCUT2D eigenvalue weighted by Crippen LogP contribution is 2.42. The topological polar surface area (TPSA) is 66.5 Å². The Morgan fingerprint density at radius 1 is 0.857 bits per heavy atom. The molecule has 0 spiro atoms. The van der Waals surface area contributed by atoms with E-state index < -0.39 is 0 Å². The van der Waals surface area contributed by atoms with E-state index in [0.29, 0.717) is 44.8 Å². The van der Waals surface area contributed by atoms with Gasteiger partial charge < -0.3 is 10.2 Å². The van der Waals surface area contributed by atoms with Crippen LogP contribution < -0.4 is 5.32 Å². The Labute approximate surface area is 202 Å². The van der Waals surface area contributed by atoms with Gasteiger partial charge in [-0.3, -0.25) is 14.4 Å². The van der Waals surface area contributed by atoms with Gasteiger partial charge in [-0.05, 0) is 23.8 Å². The summed E-state index contributed by atoms with van der Waals surface area (Å²) < 4.78 is 0. The van der Waals surface area contributed by atoms with Gasteiger partial charge in [0.15, 0.2) is 17.3 Å². The molecule has 1 atom stereocenters. The Hall–Kier alpha value is -4.77. The zero-order valence-corrected chi connectivity index (χ0v) is 18.7. The number of allylic oxidation sites excluding steroid dienone is 4. The Balaban J connectivity index is 1.57. The van der Waals surface area contributed by atoms with Crippen molar-refractivity contribution in [3.63, 3.8) is 0 Å². The molecule has 1 unspecified atom stereocenters. The van der Waals surface area contributed by atoms with Gasteiger partial charge in [0.2, 0.25) is 0 Å². The number of hydrogen-bond acceptors (Lipinski definition) is 5. The van der Waals surface area contributed by atoms with E-state index >= 15 is 0 Å². The van der Waals surface area contributed by atoms with Gasteiger partial charge in [0, 0.05) is 40.1 Å². The third-order valence-corrected chi connectivity index (χ3v) is 6.58. The summed E-state index contributed by atoms with van der Waals surface area (Å²) in [5.41, 5.74) is 4.87. The lowest BCUT2D eigenvalue weighted by Crippen LogP contribution is -2.41. The van der Waals surface area contributed by atoms with E-state index in [4.69, 9.17) is 0 Å². The van der Waals surface area contributed by atoms with Crippen LogP contribution in [0.15, 0.2) is 109 Å². The first kappa shape index (κ1) is 20.8. The van der Waals surface area contributed by atoms with Gasteiger partial charge in [0.1, 0.15) is 6.17 Å². The predicted molar refractivity (Wildman–Crippen MR) is 135 cm³/mol. The summed E-state index contributed by atoms with van der Waals surface area (Å²) in [6, 6.07) is 19.4. The van der Waals surface area contributed by atoms with Crippen molar-refractivity contribution >= 4 is 28.7 Å². The zero-order valence-electron chi connectivity index (χ0n) is 18.7. The summed E-state index contributed by atoms with van der Waals surface area (Å²) in [5, 5.41) is 3.44. The molecule has 5 heteroatoms. The number of anilines is 1. The molecule has 6 rings (SSSR count). The molecule has 0 amide bonds. The molecule has 3 aromatic carbocycles. The molecule has 168 valence electrons. The lowest BCUT2D eigenvalue weighted by atomic mass is 9.81. The zero-order chi connectivity index (χ0) is 24.1. The van der Waals surface area contributed by atoms with Crippen LogP contribution in [0.5, 0.6) is 0 Å². The molecule has 1 N–H and O–H groups in total. The number of hydrogen-bond donors (Lipinski definition) is 1. The summed E-state index contributed by atoms with van der Waals surface area (Å²) in [7, 11) is 0. The van der Waals surface area contributed by atoms with E-state index in [1.54, 1.807) is 60.7 Å². The first-order valence-corrected chi connectivity index (χ1v) is 11.3. The first-order chi connectivity index (χ1) is 17.1. The molecule has 0 bridgehead atoms. The minimum Gasteiger partial charge on any atom is -0.360 e. The van der Waals surface area contributed by atoms with Gasteiger partial charge in [-0.2, -0.15) is 0 Å². The molecule has 0 aromatic heterocycles. The van der Waals surface area contributed by atoms with Crippen molar-refractivity contribution in [1.29, 1.82) is 0 Å². The number of nitrogens with one attached hydrogen (secondary N) is 1. The van der Waals surface area contributed by atoms with Gasteiger partial charge in [-0.1, -0.05) is 73.3 Å². The maximum Gasteiger partial charge on any atom is 0.196 e. The number of carbonyl (C=O) groups is 3. The van der Waals surface area contributed by atoms with Crippen LogP contribution in [-0.2, 0) is 0 Å². The predicted octanol–water partition coefficient (Wildman–Crippen LogP) is 5.38. The summed E-state index contributed by atoms with van der Waals surface area (Å²) in [5.74, 6) is -0.537. The Morgan fingerprint density at radius 2 is 1.54 bits per heavy atom. The minimum atomic E-state index is -0.359. The standard InChI is InChI=1S/C30H20N2O3/c1-2-18-14-15-32-24(17-25(33)19-8-4-3-5-9-19)22-12-13-23-27(28(22)31-26(32)16-18)30(35)21-11-7-6-10-20(21)29(23)34/h2-17,26,31H,1H2/b24-17-. The highest BCUT2D eigenvalue weighted by molar-refractivity contribution is 6.30. The molecule has 2 aliphatic heterocycles. The van der Waals surface area contributed by atoms with E-state index in [0.717, 1.165) is 5.57 Å². The number of fused-ring (bicyclic) bond motifs is 5. The minimum absolute atomic E-state index is 0.149. The maximum atomic E-state index is 13.6. The van der Waals surface area contributed by atoms with Crippen molar-refractivity contribution in [1.82, 2.24) is 4.90 Å². The summed E-state index contributed by atoms with van der Waals surface area (Å²) in [6.45, 7) is 3.86. The number of benzene rings is 3. The second-order valence-corrected chi connectivity index (χ2v) is 8.56. The molecule has 0 fully saturated rings. The molecule has 3 aromatic rings. The van der Waals surface area contributed by atoms with Crippen molar-refractivity contribution in [3.05, 3.63) is 143 Å². The lowest BCUT2D eigenvalue weighted by Gasteiger charge is -2.41.